The van der Waals surface area contributed by atoms with E-state index in [1.54, 1.807) is 14.2 Å². The first-order valence-electron chi connectivity index (χ1n) is 9.42. The lowest BCUT2D eigenvalue weighted by Crippen LogP contribution is -2.32. The van der Waals surface area contributed by atoms with E-state index in [0.29, 0.717) is 12.5 Å². The molecule has 0 aromatic carbocycles. The largest absolute Gasteiger partial charge is 0.485 e. The van der Waals surface area contributed by atoms with Crippen molar-refractivity contribution < 1.29 is 14.2 Å². The quantitative estimate of drug-likeness (QED) is 0.648. The molecule has 0 aromatic heterocycles. The average molecular weight is 344 g/mol. The highest BCUT2D eigenvalue weighted by molar-refractivity contribution is 5.45. The molecule has 138 valence electrons. The molecule has 1 unspecified atom stereocenters. The van der Waals surface area contributed by atoms with Gasteiger partial charge in [0.2, 0.25) is 0 Å². The fourth-order valence-corrected chi connectivity index (χ4v) is 3.16. The summed E-state index contributed by atoms with van der Waals surface area (Å²) in [4.78, 5) is 0. The van der Waals surface area contributed by atoms with E-state index in [1.807, 2.05) is 6.92 Å². The molecule has 2 atom stereocenters. The van der Waals surface area contributed by atoms with Crippen LogP contribution in [0.1, 0.15) is 52.4 Å². The molecule has 3 nitrogen and oxygen atoms in total. The van der Waals surface area contributed by atoms with Gasteiger partial charge in [-0.25, -0.2) is 0 Å². The van der Waals surface area contributed by atoms with Crippen molar-refractivity contribution in [3.05, 3.63) is 35.1 Å². The lowest BCUT2D eigenvalue weighted by Gasteiger charge is -2.25. The second-order valence-corrected chi connectivity index (χ2v) is 7.01. The molecule has 0 bridgehead atoms. The summed E-state index contributed by atoms with van der Waals surface area (Å²) in [6, 6.07) is 0. The van der Waals surface area contributed by atoms with Gasteiger partial charge in [0.1, 0.15) is 11.9 Å². The van der Waals surface area contributed by atoms with E-state index in [-0.39, 0.29) is 12.2 Å². The topological polar surface area (TPSA) is 27.7 Å². The predicted molar refractivity (Wildman–Crippen MR) is 102 cm³/mol. The van der Waals surface area contributed by atoms with E-state index < -0.39 is 0 Å². The van der Waals surface area contributed by atoms with Crippen molar-refractivity contribution in [2.75, 3.05) is 20.8 Å². The van der Waals surface area contributed by atoms with Crippen LogP contribution in [0.2, 0.25) is 0 Å². The monoisotopic (exact) mass is 344 g/mol. The van der Waals surface area contributed by atoms with Crippen LogP contribution < -0.4 is 0 Å². The van der Waals surface area contributed by atoms with Gasteiger partial charge in [-0.3, -0.25) is 0 Å². The highest BCUT2D eigenvalue weighted by Gasteiger charge is 2.20. The Bertz CT molecular complexity index is 568. The van der Waals surface area contributed by atoms with Crippen LogP contribution in [-0.4, -0.2) is 33.0 Å². The van der Waals surface area contributed by atoms with Crippen LogP contribution in [0.5, 0.6) is 0 Å². The van der Waals surface area contributed by atoms with Crippen molar-refractivity contribution in [2.45, 2.75) is 64.6 Å². The van der Waals surface area contributed by atoms with Gasteiger partial charge in [-0.2, -0.15) is 0 Å². The van der Waals surface area contributed by atoms with Gasteiger partial charge in [0.15, 0.2) is 0 Å². The summed E-state index contributed by atoms with van der Waals surface area (Å²) in [6.45, 7) is 4.60. The van der Waals surface area contributed by atoms with Gasteiger partial charge in [0.25, 0.3) is 0 Å². The summed E-state index contributed by atoms with van der Waals surface area (Å²) in [5.74, 6) is 8.29. The Kier molecular flexibility index (Phi) is 8.31. The van der Waals surface area contributed by atoms with Gasteiger partial charge in [-0.15, -0.1) is 0 Å². The number of ether oxygens (including phenoxy) is 3. The summed E-state index contributed by atoms with van der Waals surface area (Å²) in [6.07, 6.45) is 13.5. The molecule has 1 saturated carbocycles. The zero-order valence-corrected chi connectivity index (χ0v) is 16.1. The number of allylic oxidation sites excluding steroid dienone is 5. The maximum Gasteiger partial charge on any atom is 0.148 e. The Hall–Kier alpha value is -1.50. The van der Waals surface area contributed by atoms with Crippen LogP contribution in [0.4, 0.5) is 0 Å². The second-order valence-electron chi connectivity index (χ2n) is 7.01. The zero-order chi connectivity index (χ0) is 18.1. The third kappa shape index (κ3) is 6.38. The van der Waals surface area contributed by atoms with Crippen molar-refractivity contribution in [1.82, 2.24) is 0 Å². The minimum atomic E-state index is -0.137. The summed E-state index contributed by atoms with van der Waals surface area (Å²) in [7, 11) is 3.38. The molecule has 2 rings (SSSR count). The van der Waals surface area contributed by atoms with Crippen LogP contribution in [-0.2, 0) is 14.2 Å². The number of hydrogen-bond donors (Lipinski definition) is 0. The SMILES string of the molecule is COCC(OC1=C(C)CC=CC(C#CC2CCCCC2)=C1)[C@H](C)OC. The van der Waals surface area contributed by atoms with Crippen molar-refractivity contribution in [1.29, 1.82) is 0 Å². The number of methoxy groups -OCH3 is 2. The summed E-state index contributed by atoms with van der Waals surface area (Å²) >= 11 is 0. The maximum absolute atomic E-state index is 6.24. The Morgan fingerprint density at radius 2 is 1.96 bits per heavy atom. The lowest BCUT2D eigenvalue weighted by atomic mass is 9.89. The Labute approximate surface area is 153 Å². The van der Waals surface area contributed by atoms with Gasteiger partial charge < -0.3 is 14.2 Å². The van der Waals surface area contributed by atoms with Crippen LogP contribution in [0.15, 0.2) is 35.1 Å². The van der Waals surface area contributed by atoms with Crippen LogP contribution in [0, 0.1) is 17.8 Å². The van der Waals surface area contributed by atoms with Crippen LogP contribution in [0.25, 0.3) is 0 Å². The third-order valence-electron chi connectivity index (χ3n) is 4.96. The maximum atomic E-state index is 6.24. The van der Waals surface area contributed by atoms with E-state index in [4.69, 9.17) is 14.2 Å². The smallest absolute Gasteiger partial charge is 0.148 e. The molecule has 0 spiro atoms. The van der Waals surface area contributed by atoms with E-state index in [2.05, 4.69) is 37.0 Å². The Morgan fingerprint density at radius 1 is 1.20 bits per heavy atom. The van der Waals surface area contributed by atoms with Crippen molar-refractivity contribution in [2.24, 2.45) is 5.92 Å². The molecule has 3 heteroatoms. The first-order valence-corrected chi connectivity index (χ1v) is 9.42. The molecule has 0 saturated heterocycles. The minimum absolute atomic E-state index is 0.0402. The van der Waals surface area contributed by atoms with Crippen molar-refractivity contribution in [3.8, 4) is 11.8 Å². The molecular formula is C22H32O3. The number of rotatable bonds is 6. The molecule has 1 fully saturated rings. The first kappa shape index (κ1) is 19.8. The molecule has 0 aromatic rings. The standard InChI is InChI=1S/C22H32O3/c1-17-9-8-12-20(14-13-19-10-6-5-7-11-19)15-21(17)25-22(16-23-3)18(2)24-4/h8,12,15,18-19,22H,5-7,9-11,16H2,1-4H3/t18-,22?/m0/s1. The van der Waals surface area contributed by atoms with Crippen LogP contribution >= 0.6 is 0 Å². The van der Waals surface area contributed by atoms with Crippen LogP contribution in [0.3, 0.4) is 0 Å². The Morgan fingerprint density at radius 3 is 2.64 bits per heavy atom. The van der Waals surface area contributed by atoms with Gasteiger partial charge in [-0.05, 0) is 44.8 Å². The highest BCUT2D eigenvalue weighted by atomic mass is 16.6. The van der Waals surface area contributed by atoms with Gasteiger partial charge in [0.05, 0.1) is 12.7 Å². The first-order chi connectivity index (χ1) is 12.1. The van der Waals surface area contributed by atoms with Gasteiger partial charge >= 0.3 is 0 Å². The van der Waals surface area contributed by atoms with E-state index in [0.717, 1.165) is 17.8 Å². The normalized spacial score (nSPS) is 21.0. The summed E-state index contributed by atoms with van der Waals surface area (Å²) in [5.41, 5.74) is 2.23. The van der Waals surface area contributed by atoms with E-state index in [1.165, 1.54) is 37.7 Å². The second kappa shape index (κ2) is 10.5. The average Bonchev–Trinajstić information content (AvgIpc) is 2.81. The summed E-state index contributed by atoms with van der Waals surface area (Å²) in [5, 5.41) is 0. The molecule has 0 aliphatic heterocycles. The third-order valence-corrected chi connectivity index (χ3v) is 4.96. The summed E-state index contributed by atoms with van der Waals surface area (Å²) < 4.78 is 17.0. The van der Waals surface area contributed by atoms with Crippen molar-refractivity contribution >= 4 is 0 Å². The molecule has 0 N–H and O–H groups in total. The van der Waals surface area contributed by atoms with E-state index in [9.17, 15) is 0 Å². The molecular weight excluding hydrogens is 312 g/mol. The molecule has 2 aliphatic rings. The minimum Gasteiger partial charge on any atom is -0.485 e. The fraction of sp³-hybridized carbons (Fsp3) is 0.636. The fourth-order valence-electron chi connectivity index (χ4n) is 3.16. The van der Waals surface area contributed by atoms with Gasteiger partial charge in [0, 0.05) is 25.7 Å². The predicted octanol–water partition coefficient (Wildman–Crippen LogP) is 4.80. The van der Waals surface area contributed by atoms with E-state index >= 15 is 0 Å². The van der Waals surface area contributed by atoms with Gasteiger partial charge in [-0.1, -0.05) is 43.3 Å². The molecule has 2 aliphatic carbocycles. The highest BCUT2D eigenvalue weighted by Crippen LogP contribution is 2.24. The number of hydrogen-bond acceptors (Lipinski definition) is 3. The zero-order valence-electron chi connectivity index (χ0n) is 16.1. The Balaban J connectivity index is 2.13. The molecule has 25 heavy (non-hydrogen) atoms. The molecule has 0 amide bonds. The lowest BCUT2D eigenvalue weighted by molar-refractivity contribution is -0.0517. The molecule has 0 heterocycles. The molecule has 0 radical (unpaired) electrons. The van der Waals surface area contributed by atoms with Crippen molar-refractivity contribution in [3.63, 3.8) is 0 Å².